The number of anilines is 2. The number of aromatic nitrogens is 2. The molecule has 1 unspecified atom stereocenters. The number of hydrogen-bond donors (Lipinski definition) is 2. The van der Waals surface area contributed by atoms with Gasteiger partial charge in [0.05, 0.1) is 12.3 Å². The van der Waals surface area contributed by atoms with Crippen molar-refractivity contribution in [1.82, 2.24) is 9.97 Å². The molecule has 1 atom stereocenters. The molecule has 0 saturated carbocycles. The van der Waals surface area contributed by atoms with E-state index in [1.165, 1.54) is 11.3 Å². The number of nitrogens with zero attached hydrogens (tertiary/aromatic N) is 2. The second-order valence-corrected chi connectivity index (χ2v) is 13.2. The molecule has 0 spiro atoms. The van der Waals surface area contributed by atoms with Gasteiger partial charge in [-0.15, -0.1) is 31.9 Å². The molecule has 1 aromatic carbocycles. The lowest BCUT2D eigenvalue weighted by Crippen LogP contribution is -2.10. The number of carboxylic acid groups (broad SMARTS) is 1. The average Bonchev–Trinajstić information content (AvgIpc) is 3.48. The third kappa shape index (κ3) is 6.95. The fourth-order valence-electron chi connectivity index (χ4n) is 3.70. The monoisotopic (exact) mass is 553 g/mol. The van der Waals surface area contributed by atoms with Crippen LogP contribution in [0, 0.1) is 11.3 Å². The number of pyridine rings is 1. The third-order valence-corrected chi connectivity index (χ3v) is 7.76. The quantitative estimate of drug-likeness (QED) is 0.209. The minimum absolute atomic E-state index is 0.0445. The van der Waals surface area contributed by atoms with Crippen molar-refractivity contribution < 1.29 is 14.6 Å². The first kappa shape index (κ1) is 27.2. The predicted molar refractivity (Wildman–Crippen MR) is 158 cm³/mol. The molecule has 0 radical (unpaired) electrons. The third-order valence-electron chi connectivity index (χ3n) is 5.40. The molecule has 4 aromatic rings. The van der Waals surface area contributed by atoms with Crippen LogP contribution in [0.5, 0.6) is 5.75 Å². The Hall–Kier alpha value is -2.80. The van der Waals surface area contributed by atoms with Crippen LogP contribution in [-0.4, -0.2) is 27.7 Å². The van der Waals surface area contributed by atoms with Crippen LogP contribution >= 0.6 is 31.9 Å². The highest BCUT2D eigenvalue weighted by Gasteiger charge is 2.22. The van der Waals surface area contributed by atoms with Crippen molar-refractivity contribution in [1.29, 1.82) is 0 Å². The molecule has 0 bridgehead atoms. The summed E-state index contributed by atoms with van der Waals surface area (Å²) >= 11 is 3.07. The Balaban J connectivity index is 1.71. The molecule has 0 fully saturated rings. The maximum atomic E-state index is 12.1. The summed E-state index contributed by atoms with van der Waals surface area (Å²) in [7, 11) is 2.73. The van der Waals surface area contributed by atoms with E-state index in [4.69, 9.17) is 9.72 Å². The van der Waals surface area contributed by atoms with Crippen LogP contribution in [0.15, 0.2) is 48.0 Å². The van der Waals surface area contributed by atoms with Gasteiger partial charge >= 0.3 is 5.97 Å². The molecule has 6 nitrogen and oxygen atoms in total. The molecule has 9 heteroatoms. The largest absolute Gasteiger partial charge is 0.493 e. The van der Waals surface area contributed by atoms with Gasteiger partial charge in [-0.25, -0.2) is 14.8 Å². The maximum Gasteiger partial charge on any atom is 0.339 e. The van der Waals surface area contributed by atoms with Gasteiger partial charge < -0.3 is 15.2 Å². The second kappa shape index (κ2) is 11.3. The van der Waals surface area contributed by atoms with Gasteiger partial charge in [-0.3, -0.25) is 0 Å². The topological polar surface area (TPSA) is 84.3 Å². The second-order valence-electron chi connectivity index (χ2n) is 10.5. The number of thiophene rings is 1. The Morgan fingerprint density at radius 2 is 1.97 bits per heavy atom. The Morgan fingerprint density at radius 3 is 2.62 bits per heavy atom. The van der Waals surface area contributed by atoms with Crippen molar-refractivity contribution in [3.05, 3.63) is 58.4 Å². The van der Waals surface area contributed by atoms with Gasteiger partial charge in [-0.05, 0) is 41.3 Å². The predicted octanol–water partition coefficient (Wildman–Crippen LogP) is 7.50. The number of benzene rings is 1. The minimum Gasteiger partial charge on any atom is -0.493 e. The summed E-state index contributed by atoms with van der Waals surface area (Å²) in [6.07, 6.45) is 2.52. The van der Waals surface area contributed by atoms with E-state index in [9.17, 15) is 9.90 Å². The lowest BCUT2D eigenvalue weighted by atomic mass is 9.90. The van der Waals surface area contributed by atoms with E-state index in [0.29, 0.717) is 17.7 Å². The maximum absolute atomic E-state index is 12.1. The van der Waals surface area contributed by atoms with Crippen LogP contribution < -0.4 is 15.4 Å². The highest BCUT2D eigenvalue weighted by Crippen LogP contribution is 2.38. The van der Waals surface area contributed by atoms with Crippen molar-refractivity contribution in [2.45, 2.75) is 41.0 Å². The molecule has 0 saturated heterocycles. The average molecular weight is 554 g/mol. The smallest absolute Gasteiger partial charge is 0.339 e. The highest BCUT2D eigenvalue weighted by atomic mass is 32.1. The highest BCUT2D eigenvalue weighted by molar-refractivity contribution is 7.27. The van der Waals surface area contributed by atoms with Crippen LogP contribution in [0.1, 0.15) is 49.9 Å². The number of rotatable bonds is 9. The lowest BCUT2D eigenvalue weighted by molar-refractivity contribution is 0.0697. The van der Waals surface area contributed by atoms with Gasteiger partial charge in [-0.2, -0.15) is 0 Å². The van der Waals surface area contributed by atoms with Crippen molar-refractivity contribution in [2.24, 2.45) is 11.3 Å². The van der Waals surface area contributed by atoms with Crippen LogP contribution in [0.3, 0.4) is 0 Å². The molecule has 0 aliphatic heterocycles. The molecule has 0 aliphatic carbocycles. The summed E-state index contributed by atoms with van der Waals surface area (Å²) in [4.78, 5) is 23.5. The first-order chi connectivity index (χ1) is 17.5. The van der Waals surface area contributed by atoms with E-state index in [2.05, 4.69) is 54.2 Å². The molecular formula is C28H32N3O3PS2. The van der Waals surface area contributed by atoms with E-state index in [1.54, 1.807) is 23.6 Å². The van der Waals surface area contributed by atoms with Gasteiger partial charge in [0.25, 0.3) is 0 Å². The molecule has 4 rings (SSSR count). The van der Waals surface area contributed by atoms with Gasteiger partial charge in [0.1, 0.15) is 17.1 Å². The molecule has 3 aromatic heterocycles. The van der Waals surface area contributed by atoms with Gasteiger partial charge in [0.15, 0.2) is 5.13 Å². The lowest BCUT2D eigenvalue weighted by Gasteiger charge is -2.18. The zero-order chi connectivity index (χ0) is 26.7. The first-order valence-corrected chi connectivity index (χ1v) is 14.3. The Labute approximate surface area is 228 Å². The molecule has 194 valence electrons. The van der Waals surface area contributed by atoms with E-state index in [0.717, 1.165) is 44.0 Å². The number of ether oxygens (including phenoxy) is 1. The summed E-state index contributed by atoms with van der Waals surface area (Å²) in [6, 6.07) is 11.6. The van der Waals surface area contributed by atoms with Crippen LogP contribution in [0.4, 0.5) is 10.9 Å². The Morgan fingerprint density at radius 1 is 1.19 bits per heavy atom. The van der Waals surface area contributed by atoms with E-state index >= 15 is 0 Å². The SMILES string of the molecule is CC(C)COc1cc(-c2nc(Nc3ncc(-c4cccs4)cc3C(=O)O)sc2CC(C)(C)C)ccc1P. The first-order valence-electron chi connectivity index (χ1n) is 12.1. The summed E-state index contributed by atoms with van der Waals surface area (Å²) in [5.41, 5.74) is 2.76. The molecule has 0 aliphatic rings. The fourth-order valence-corrected chi connectivity index (χ4v) is 5.96. The Bertz CT molecular complexity index is 1390. The minimum atomic E-state index is -1.04. The summed E-state index contributed by atoms with van der Waals surface area (Å²) in [5, 5.41) is 16.6. The van der Waals surface area contributed by atoms with Crippen molar-refractivity contribution in [3.63, 3.8) is 0 Å². The van der Waals surface area contributed by atoms with Crippen molar-refractivity contribution in [2.75, 3.05) is 11.9 Å². The Kier molecular flexibility index (Phi) is 8.32. The normalized spacial score (nSPS) is 11.6. The standard InChI is InChI=1S/C28H32N3O3PS2/c1-16(2)15-34-20-12-17(8-9-21(20)35)24-23(13-28(3,4)5)37-27(30-24)31-25-19(26(32)33)11-18(14-29-25)22-7-6-10-36-22/h6-12,14,16H,13,15,35H2,1-5H3,(H,32,33)(H,29,30,31). The molecular weight excluding hydrogens is 521 g/mol. The van der Waals surface area contributed by atoms with Crippen molar-refractivity contribution >= 4 is 54.1 Å². The van der Waals surface area contributed by atoms with E-state index in [1.807, 2.05) is 35.7 Å². The number of nitrogens with one attached hydrogen (secondary N) is 1. The number of carboxylic acids is 1. The van der Waals surface area contributed by atoms with Gasteiger partial charge in [0, 0.05) is 32.4 Å². The number of carbonyl (C=O) groups is 1. The van der Waals surface area contributed by atoms with Crippen LogP contribution in [0.2, 0.25) is 0 Å². The van der Waals surface area contributed by atoms with Crippen molar-refractivity contribution in [3.8, 4) is 27.4 Å². The molecule has 3 heterocycles. The number of hydrogen-bond acceptors (Lipinski definition) is 7. The number of thiazole rings is 1. The summed E-state index contributed by atoms with van der Waals surface area (Å²) < 4.78 is 6.05. The number of aromatic carboxylic acids is 1. The molecule has 37 heavy (non-hydrogen) atoms. The summed E-state index contributed by atoms with van der Waals surface area (Å²) in [6.45, 7) is 11.5. The van der Waals surface area contributed by atoms with Crippen LogP contribution in [0.25, 0.3) is 21.7 Å². The van der Waals surface area contributed by atoms with Gasteiger partial charge in [0.2, 0.25) is 0 Å². The fraction of sp³-hybridized carbons (Fsp3) is 0.321. The summed E-state index contributed by atoms with van der Waals surface area (Å²) in [5.74, 6) is 0.473. The van der Waals surface area contributed by atoms with Crippen LogP contribution in [-0.2, 0) is 6.42 Å². The zero-order valence-electron chi connectivity index (χ0n) is 21.7. The zero-order valence-corrected chi connectivity index (χ0v) is 24.5. The van der Waals surface area contributed by atoms with Gasteiger partial charge in [-0.1, -0.05) is 52.8 Å². The van der Waals surface area contributed by atoms with E-state index in [-0.39, 0.29) is 16.8 Å². The molecule has 0 amide bonds. The van der Waals surface area contributed by atoms with E-state index < -0.39 is 5.97 Å². The molecule has 2 N–H and O–H groups in total.